The molecule has 20 heavy (non-hydrogen) atoms. The number of hydrogen-bond acceptors (Lipinski definition) is 2. The van der Waals surface area contributed by atoms with Crippen molar-refractivity contribution in [1.82, 2.24) is 4.98 Å². The fourth-order valence-electron chi connectivity index (χ4n) is 2.63. The van der Waals surface area contributed by atoms with E-state index < -0.39 is 17.3 Å². The minimum Gasteiger partial charge on any atom is -0.382 e. The molecule has 1 unspecified atom stereocenters. The lowest BCUT2D eigenvalue weighted by Gasteiger charge is -2.25. The Hall–Kier alpha value is -1.98. The maximum Gasteiger partial charge on any atom is 0.417 e. The molecule has 0 aliphatic carbocycles. The predicted molar refractivity (Wildman–Crippen MR) is 71.0 cm³/mol. The van der Waals surface area contributed by atoms with Gasteiger partial charge in [0, 0.05) is 28.7 Å². The molecule has 1 aliphatic heterocycles. The highest BCUT2D eigenvalue weighted by Crippen LogP contribution is 2.36. The third kappa shape index (κ3) is 2.15. The minimum atomic E-state index is -4.54. The number of halogens is 3. The molecule has 1 aromatic heterocycles. The predicted octanol–water partition coefficient (Wildman–Crippen LogP) is 3.29. The Kier molecular flexibility index (Phi) is 2.77. The van der Waals surface area contributed by atoms with Gasteiger partial charge in [-0.05, 0) is 37.5 Å². The summed E-state index contributed by atoms with van der Waals surface area (Å²) < 4.78 is 39.1. The van der Waals surface area contributed by atoms with Gasteiger partial charge in [-0.1, -0.05) is 0 Å². The molecule has 0 saturated heterocycles. The van der Waals surface area contributed by atoms with E-state index in [2.05, 4.69) is 10.3 Å². The normalized spacial score (nSPS) is 18.7. The summed E-state index contributed by atoms with van der Waals surface area (Å²) in [5.41, 5.74) is 0.264. The molecule has 1 aromatic carbocycles. The summed E-state index contributed by atoms with van der Waals surface area (Å²) in [6.07, 6.45) is -2.83. The van der Waals surface area contributed by atoms with Crippen LogP contribution in [0.3, 0.4) is 0 Å². The van der Waals surface area contributed by atoms with E-state index in [-0.39, 0.29) is 16.9 Å². The quantitative estimate of drug-likeness (QED) is 0.778. The van der Waals surface area contributed by atoms with Crippen molar-refractivity contribution in [3.05, 3.63) is 39.7 Å². The van der Waals surface area contributed by atoms with Gasteiger partial charge in [-0.3, -0.25) is 4.79 Å². The molecule has 6 heteroatoms. The second-order valence-electron chi connectivity index (χ2n) is 5.18. The van der Waals surface area contributed by atoms with Crippen molar-refractivity contribution in [3.63, 3.8) is 0 Å². The lowest BCUT2D eigenvalue weighted by Crippen LogP contribution is -2.22. The number of fused-ring (bicyclic) bond motifs is 2. The molecule has 0 radical (unpaired) electrons. The van der Waals surface area contributed by atoms with E-state index in [4.69, 9.17) is 0 Å². The number of aryl methyl sites for hydroxylation is 1. The third-order valence-electron chi connectivity index (χ3n) is 3.62. The van der Waals surface area contributed by atoms with Gasteiger partial charge in [-0.25, -0.2) is 0 Å². The zero-order chi connectivity index (χ0) is 14.5. The number of aromatic amines is 1. The molecule has 1 aliphatic rings. The molecule has 2 N–H and O–H groups in total. The number of anilines is 1. The Morgan fingerprint density at radius 3 is 2.70 bits per heavy atom. The lowest BCUT2D eigenvalue weighted by molar-refractivity contribution is -0.136. The van der Waals surface area contributed by atoms with Gasteiger partial charge in [-0.15, -0.1) is 0 Å². The molecular weight excluding hydrogens is 269 g/mol. The number of hydrogen-bond donors (Lipinski definition) is 2. The van der Waals surface area contributed by atoms with Crippen LogP contribution in [0.25, 0.3) is 10.9 Å². The molecule has 1 atom stereocenters. The second kappa shape index (κ2) is 4.26. The van der Waals surface area contributed by atoms with Crippen LogP contribution in [0.2, 0.25) is 0 Å². The van der Waals surface area contributed by atoms with Crippen molar-refractivity contribution >= 4 is 16.6 Å². The first kappa shape index (κ1) is 13.0. The van der Waals surface area contributed by atoms with E-state index in [1.54, 1.807) is 6.07 Å². The smallest absolute Gasteiger partial charge is 0.382 e. The van der Waals surface area contributed by atoms with Crippen LogP contribution in [0.5, 0.6) is 0 Å². The van der Waals surface area contributed by atoms with E-state index in [0.717, 1.165) is 18.4 Å². The van der Waals surface area contributed by atoms with Crippen LogP contribution < -0.4 is 10.9 Å². The Bertz CT molecular complexity index is 734. The summed E-state index contributed by atoms with van der Waals surface area (Å²) in [5, 5.41) is 3.21. The average molecular weight is 282 g/mol. The van der Waals surface area contributed by atoms with Crippen LogP contribution in [0, 0.1) is 0 Å². The first-order chi connectivity index (χ1) is 9.34. The Morgan fingerprint density at radius 2 is 2.00 bits per heavy atom. The van der Waals surface area contributed by atoms with Gasteiger partial charge >= 0.3 is 6.18 Å². The van der Waals surface area contributed by atoms with Gasteiger partial charge in [0.05, 0.1) is 5.56 Å². The largest absolute Gasteiger partial charge is 0.417 e. The van der Waals surface area contributed by atoms with Gasteiger partial charge in [0.2, 0.25) is 5.56 Å². The fourth-order valence-corrected chi connectivity index (χ4v) is 2.63. The van der Waals surface area contributed by atoms with Crippen LogP contribution >= 0.6 is 0 Å². The summed E-state index contributed by atoms with van der Waals surface area (Å²) in [6.45, 7) is 1.99. The highest BCUT2D eigenvalue weighted by molar-refractivity contribution is 5.87. The average Bonchev–Trinajstić information content (AvgIpc) is 2.34. The molecule has 0 fully saturated rings. The van der Waals surface area contributed by atoms with Crippen molar-refractivity contribution in [2.45, 2.75) is 32.0 Å². The summed E-state index contributed by atoms with van der Waals surface area (Å²) in [6, 6.07) is 3.97. The van der Waals surface area contributed by atoms with Crippen LogP contribution in [0.15, 0.2) is 23.0 Å². The molecule has 106 valence electrons. The lowest BCUT2D eigenvalue weighted by atomic mass is 9.96. The molecule has 2 heterocycles. The molecule has 3 nitrogen and oxygen atoms in total. The number of pyridine rings is 1. The zero-order valence-corrected chi connectivity index (χ0v) is 10.8. The highest BCUT2D eigenvalue weighted by atomic mass is 19.4. The van der Waals surface area contributed by atoms with Gasteiger partial charge in [0.15, 0.2) is 0 Å². The van der Waals surface area contributed by atoms with Gasteiger partial charge in [-0.2, -0.15) is 13.2 Å². The second-order valence-corrected chi connectivity index (χ2v) is 5.18. The first-order valence-electron chi connectivity index (χ1n) is 6.38. The third-order valence-corrected chi connectivity index (χ3v) is 3.62. The van der Waals surface area contributed by atoms with E-state index in [1.165, 1.54) is 6.07 Å². The van der Waals surface area contributed by atoms with E-state index in [1.807, 2.05) is 6.92 Å². The molecule has 0 bridgehead atoms. The van der Waals surface area contributed by atoms with Crippen LogP contribution in [-0.2, 0) is 12.6 Å². The molecular formula is C14H13F3N2O. The van der Waals surface area contributed by atoms with Gasteiger partial charge in [0.1, 0.15) is 0 Å². The number of rotatable bonds is 0. The minimum absolute atomic E-state index is 0.0254. The van der Waals surface area contributed by atoms with E-state index in [0.29, 0.717) is 11.8 Å². The SMILES string of the molecule is CC1CCc2cc3[nH]c(=O)cc(C(F)(F)F)c3cc2N1. The highest BCUT2D eigenvalue weighted by Gasteiger charge is 2.33. The summed E-state index contributed by atoms with van der Waals surface area (Å²) in [4.78, 5) is 13.9. The molecule has 0 amide bonds. The Morgan fingerprint density at radius 1 is 1.25 bits per heavy atom. The maximum absolute atomic E-state index is 13.0. The maximum atomic E-state index is 13.0. The van der Waals surface area contributed by atoms with Crippen molar-refractivity contribution in [3.8, 4) is 0 Å². The Labute approximate surface area is 112 Å². The zero-order valence-electron chi connectivity index (χ0n) is 10.8. The van der Waals surface area contributed by atoms with Gasteiger partial charge in [0.25, 0.3) is 0 Å². The summed E-state index contributed by atoms with van der Waals surface area (Å²) in [5.74, 6) is 0. The molecule has 0 saturated carbocycles. The van der Waals surface area contributed by atoms with Crippen molar-refractivity contribution in [2.24, 2.45) is 0 Å². The fraction of sp³-hybridized carbons (Fsp3) is 0.357. The van der Waals surface area contributed by atoms with Gasteiger partial charge < -0.3 is 10.3 Å². The topological polar surface area (TPSA) is 44.9 Å². The number of H-pyrrole nitrogens is 1. The molecule has 0 spiro atoms. The number of benzene rings is 1. The monoisotopic (exact) mass is 282 g/mol. The van der Waals surface area contributed by atoms with Crippen molar-refractivity contribution in [1.29, 1.82) is 0 Å². The number of nitrogens with one attached hydrogen (secondary N) is 2. The number of aromatic nitrogens is 1. The Balaban J connectivity index is 2.31. The van der Waals surface area contributed by atoms with Crippen LogP contribution in [-0.4, -0.2) is 11.0 Å². The van der Waals surface area contributed by atoms with Crippen LogP contribution in [0.1, 0.15) is 24.5 Å². The van der Waals surface area contributed by atoms with Crippen LogP contribution in [0.4, 0.5) is 18.9 Å². The standard InChI is InChI=1S/C14H13F3N2O/c1-7-2-3-8-4-12-9(5-11(8)18-7)10(14(15,16)17)6-13(20)19-12/h4-7,18H,2-3H2,1H3,(H,19,20). The van der Waals surface area contributed by atoms with Crippen molar-refractivity contribution in [2.75, 3.05) is 5.32 Å². The number of alkyl halides is 3. The van der Waals surface area contributed by atoms with E-state index >= 15 is 0 Å². The molecule has 3 rings (SSSR count). The summed E-state index contributed by atoms with van der Waals surface area (Å²) >= 11 is 0. The van der Waals surface area contributed by atoms with E-state index in [9.17, 15) is 18.0 Å². The van der Waals surface area contributed by atoms with Crippen molar-refractivity contribution < 1.29 is 13.2 Å². The first-order valence-corrected chi connectivity index (χ1v) is 6.38. The molecule has 2 aromatic rings. The summed E-state index contributed by atoms with van der Waals surface area (Å²) in [7, 11) is 0.